The Hall–Kier alpha value is -0.646. The normalized spacial score (nSPS) is 12.5. The fraction of sp³-hybridized carbons (Fsp3) is 0.385. The molecule has 1 aromatic rings. The fourth-order valence-corrected chi connectivity index (χ4v) is 7.71. The van der Waals surface area contributed by atoms with Crippen molar-refractivity contribution in [2.45, 2.75) is 20.0 Å². The van der Waals surface area contributed by atoms with Gasteiger partial charge in [0.25, 0.3) is 0 Å². The molecule has 0 spiro atoms. The summed E-state index contributed by atoms with van der Waals surface area (Å²) in [7, 11) is -1.52. The first kappa shape index (κ1) is 13.4. The third-order valence-electron chi connectivity index (χ3n) is 3.26. The second-order valence-corrected chi connectivity index (χ2v) is 10.5. The topological polar surface area (TPSA) is 3.24 Å². The summed E-state index contributed by atoms with van der Waals surface area (Å²) in [5.74, 6) is 0. The minimum absolute atomic E-state index is 0.0969. The molecular weight excluding hydrogens is 226 g/mol. The van der Waals surface area contributed by atoms with Crippen molar-refractivity contribution in [3.8, 4) is 0 Å². The van der Waals surface area contributed by atoms with Crippen LogP contribution >= 0.6 is 0 Å². The lowest BCUT2D eigenvalue weighted by Gasteiger charge is -2.36. The Morgan fingerprint density at radius 1 is 1.31 bits per heavy atom. The SMILES string of the molecule is C=C[SiH2]CN(CC)[Si](C)(C)c1ccccc1. The van der Waals surface area contributed by atoms with Crippen LogP contribution < -0.4 is 5.19 Å². The van der Waals surface area contributed by atoms with Crippen molar-refractivity contribution in [3.05, 3.63) is 42.6 Å². The Morgan fingerprint density at radius 2 is 1.94 bits per heavy atom. The van der Waals surface area contributed by atoms with Crippen molar-refractivity contribution < 1.29 is 0 Å². The third kappa shape index (κ3) is 3.17. The van der Waals surface area contributed by atoms with Crippen LogP contribution in [-0.4, -0.2) is 35.0 Å². The molecule has 0 aliphatic carbocycles. The van der Waals surface area contributed by atoms with Gasteiger partial charge in [0.05, 0.1) is 9.52 Å². The van der Waals surface area contributed by atoms with Crippen LogP contribution in [0.25, 0.3) is 0 Å². The zero-order valence-electron chi connectivity index (χ0n) is 10.7. The number of benzene rings is 1. The quantitative estimate of drug-likeness (QED) is 0.694. The second-order valence-electron chi connectivity index (χ2n) is 4.58. The van der Waals surface area contributed by atoms with E-state index in [4.69, 9.17) is 0 Å². The summed E-state index contributed by atoms with van der Waals surface area (Å²) in [6.45, 7) is 12.2. The van der Waals surface area contributed by atoms with E-state index in [0.29, 0.717) is 0 Å². The van der Waals surface area contributed by atoms with Gasteiger partial charge in [0.1, 0.15) is 0 Å². The Labute approximate surface area is 103 Å². The molecule has 1 rings (SSSR count). The largest absolute Gasteiger partial charge is 0.323 e. The minimum Gasteiger partial charge on any atom is -0.323 e. The molecule has 1 aromatic carbocycles. The Morgan fingerprint density at radius 3 is 2.44 bits per heavy atom. The average Bonchev–Trinajstić information content (AvgIpc) is 2.31. The third-order valence-corrected chi connectivity index (χ3v) is 8.78. The van der Waals surface area contributed by atoms with Gasteiger partial charge in [-0.05, 0) is 17.9 Å². The molecule has 0 aliphatic heterocycles. The van der Waals surface area contributed by atoms with E-state index >= 15 is 0 Å². The van der Waals surface area contributed by atoms with Crippen molar-refractivity contribution in [1.29, 1.82) is 0 Å². The first-order valence-electron chi connectivity index (χ1n) is 6.04. The molecule has 0 aliphatic rings. The van der Waals surface area contributed by atoms with E-state index in [1.807, 2.05) is 0 Å². The number of hydrogen-bond acceptors (Lipinski definition) is 1. The van der Waals surface area contributed by atoms with Gasteiger partial charge in [-0.1, -0.05) is 50.3 Å². The maximum Gasteiger partial charge on any atom is 0.153 e. The number of rotatable bonds is 6. The highest BCUT2D eigenvalue weighted by molar-refractivity contribution is 6.87. The van der Waals surface area contributed by atoms with Crippen LogP contribution in [0, 0.1) is 0 Å². The maximum atomic E-state index is 3.87. The van der Waals surface area contributed by atoms with Crippen molar-refractivity contribution in [2.75, 3.05) is 12.7 Å². The summed E-state index contributed by atoms with van der Waals surface area (Å²) in [6.07, 6.45) is 1.27. The van der Waals surface area contributed by atoms with Crippen LogP contribution in [-0.2, 0) is 0 Å². The summed E-state index contributed by atoms with van der Waals surface area (Å²) in [4.78, 5) is 0. The van der Waals surface area contributed by atoms with Gasteiger partial charge in [0, 0.05) is 0 Å². The van der Waals surface area contributed by atoms with Crippen LogP contribution in [0.1, 0.15) is 6.92 Å². The minimum atomic E-state index is -1.43. The monoisotopic (exact) mass is 249 g/mol. The highest BCUT2D eigenvalue weighted by Crippen LogP contribution is 2.09. The van der Waals surface area contributed by atoms with E-state index in [-0.39, 0.29) is 9.52 Å². The first-order valence-corrected chi connectivity index (χ1v) is 10.8. The van der Waals surface area contributed by atoms with Gasteiger partial charge < -0.3 is 4.57 Å². The Kier molecular flexibility index (Phi) is 5.18. The van der Waals surface area contributed by atoms with Gasteiger partial charge in [0.15, 0.2) is 8.24 Å². The zero-order chi connectivity index (χ0) is 12.0. The van der Waals surface area contributed by atoms with E-state index < -0.39 is 8.24 Å². The molecule has 0 N–H and O–H groups in total. The van der Waals surface area contributed by atoms with Gasteiger partial charge in [-0.2, -0.15) is 0 Å². The molecule has 88 valence electrons. The van der Waals surface area contributed by atoms with Crippen LogP contribution in [0.4, 0.5) is 0 Å². The molecule has 0 unspecified atom stereocenters. The van der Waals surface area contributed by atoms with E-state index in [0.717, 1.165) is 6.54 Å². The summed E-state index contributed by atoms with van der Waals surface area (Å²) in [5, 5.41) is 1.54. The highest BCUT2D eigenvalue weighted by Gasteiger charge is 2.29. The van der Waals surface area contributed by atoms with Gasteiger partial charge in [-0.3, -0.25) is 0 Å². The Balaban J connectivity index is 2.85. The molecule has 0 saturated carbocycles. The lowest BCUT2D eigenvalue weighted by atomic mass is 10.4. The van der Waals surface area contributed by atoms with Crippen LogP contribution in [0.3, 0.4) is 0 Å². The van der Waals surface area contributed by atoms with Gasteiger partial charge in [-0.25, -0.2) is 0 Å². The predicted molar refractivity (Wildman–Crippen MR) is 79.5 cm³/mol. The molecule has 0 radical (unpaired) electrons. The molecule has 16 heavy (non-hydrogen) atoms. The van der Waals surface area contributed by atoms with Crippen molar-refractivity contribution in [1.82, 2.24) is 4.57 Å². The molecule has 0 heterocycles. The van der Waals surface area contributed by atoms with Gasteiger partial charge in [0.2, 0.25) is 0 Å². The summed E-state index contributed by atoms with van der Waals surface area (Å²) >= 11 is 0. The number of nitrogens with zero attached hydrogens (tertiary/aromatic N) is 1. The second kappa shape index (κ2) is 6.18. The average molecular weight is 250 g/mol. The molecule has 3 heteroatoms. The van der Waals surface area contributed by atoms with E-state index in [1.54, 1.807) is 0 Å². The molecule has 0 bridgehead atoms. The standard InChI is InChI=1S/C13H23NSi2/c1-5-14(12-15-6-2)16(3,4)13-10-8-7-9-11-13/h6-11H,2,5,12,15H2,1,3-4H3. The number of hydrogen-bond donors (Lipinski definition) is 0. The summed E-state index contributed by atoms with van der Waals surface area (Å²) in [5.41, 5.74) is 2.15. The lowest BCUT2D eigenvalue weighted by molar-refractivity contribution is 0.519. The van der Waals surface area contributed by atoms with Crippen molar-refractivity contribution in [2.24, 2.45) is 0 Å². The van der Waals surface area contributed by atoms with Crippen molar-refractivity contribution in [3.63, 3.8) is 0 Å². The Bertz CT molecular complexity index is 322. The summed E-state index contributed by atoms with van der Waals surface area (Å²) < 4.78 is 2.69. The molecule has 0 fully saturated rings. The fourth-order valence-electron chi connectivity index (χ4n) is 2.11. The molecular formula is C13H23NSi2. The molecule has 0 aromatic heterocycles. The highest BCUT2D eigenvalue weighted by atomic mass is 28.3. The smallest absolute Gasteiger partial charge is 0.153 e. The van der Waals surface area contributed by atoms with E-state index in [9.17, 15) is 0 Å². The van der Waals surface area contributed by atoms with Crippen LogP contribution in [0.5, 0.6) is 0 Å². The van der Waals surface area contributed by atoms with Crippen molar-refractivity contribution >= 4 is 22.9 Å². The molecule has 1 nitrogen and oxygen atoms in total. The summed E-state index contributed by atoms with van der Waals surface area (Å²) in [6, 6.07) is 11.0. The van der Waals surface area contributed by atoms with Gasteiger partial charge in [-0.15, -0.1) is 12.3 Å². The van der Waals surface area contributed by atoms with Crippen LogP contribution in [0.2, 0.25) is 13.1 Å². The zero-order valence-corrected chi connectivity index (χ0v) is 13.2. The predicted octanol–water partition coefficient (Wildman–Crippen LogP) is 1.69. The molecule has 0 saturated heterocycles. The van der Waals surface area contributed by atoms with Crippen LogP contribution in [0.15, 0.2) is 42.6 Å². The lowest BCUT2D eigenvalue weighted by Crippen LogP contribution is -2.58. The van der Waals surface area contributed by atoms with Gasteiger partial charge >= 0.3 is 0 Å². The van der Waals surface area contributed by atoms with E-state index in [1.165, 1.54) is 11.4 Å². The molecule has 0 atom stereocenters. The van der Waals surface area contributed by atoms with E-state index in [2.05, 4.69) is 67.2 Å². The first-order chi connectivity index (χ1) is 7.62. The maximum absolute atomic E-state index is 3.87. The molecule has 0 amide bonds.